The Morgan fingerprint density at radius 2 is 1.61 bits per heavy atom. The van der Waals surface area contributed by atoms with Gasteiger partial charge < -0.3 is 14.7 Å². The molecule has 1 atom stereocenters. The number of hydrogen-bond acceptors (Lipinski definition) is 5. The molecule has 0 aromatic heterocycles. The molecule has 2 aliphatic rings. The molecule has 5 rings (SSSR count). The van der Waals surface area contributed by atoms with E-state index in [-0.39, 0.29) is 29.8 Å². The van der Waals surface area contributed by atoms with Crippen LogP contribution in [0, 0.1) is 12.8 Å². The van der Waals surface area contributed by atoms with E-state index in [0.29, 0.717) is 24.2 Å². The lowest BCUT2D eigenvalue weighted by Gasteiger charge is -2.36. The van der Waals surface area contributed by atoms with E-state index in [9.17, 15) is 14.7 Å². The van der Waals surface area contributed by atoms with Crippen molar-refractivity contribution >= 4 is 22.6 Å². The number of ether oxygens (including phenoxy) is 1. The molecule has 1 N–H and O–H groups in total. The van der Waals surface area contributed by atoms with Crippen molar-refractivity contribution in [2.75, 3.05) is 32.8 Å². The number of amides is 2. The number of β-amino-alcohol motifs (C(OH)–C–C–N with tert-alkyl or cyclic N) is 1. The SMILES string of the molecule is Cc1ccc(OC[C@@H](O)CN2CCC(CN3C(=O)c4cccc5cccc(c45)C3=O)CC2)c(C(C)(C)C)c1. The van der Waals surface area contributed by atoms with E-state index in [2.05, 4.69) is 38.7 Å². The Morgan fingerprint density at radius 1 is 0.974 bits per heavy atom. The molecule has 2 aliphatic heterocycles. The standard InChI is InChI=1S/C32H38N2O4/c1-21-11-12-28(27(17-21)32(2,3)4)38-20-24(35)19-33-15-13-22(14-16-33)18-34-30(36)25-9-5-7-23-8-6-10-26(29(23)25)31(34)37/h5-12,17,22,24,35H,13-16,18-20H2,1-4H3/t24-/m0/s1. The number of aliphatic hydroxyl groups is 1. The predicted octanol–water partition coefficient (Wildman–Crippen LogP) is 5.19. The van der Waals surface area contributed by atoms with Gasteiger partial charge in [0, 0.05) is 29.6 Å². The maximum absolute atomic E-state index is 13.2. The van der Waals surface area contributed by atoms with Crippen LogP contribution in [0.1, 0.15) is 65.5 Å². The first-order chi connectivity index (χ1) is 18.1. The van der Waals surface area contributed by atoms with Gasteiger partial charge in [0.15, 0.2) is 0 Å². The minimum absolute atomic E-state index is 0.0418. The minimum Gasteiger partial charge on any atom is -0.491 e. The zero-order chi connectivity index (χ0) is 27.0. The van der Waals surface area contributed by atoms with Gasteiger partial charge in [-0.3, -0.25) is 14.5 Å². The zero-order valence-corrected chi connectivity index (χ0v) is 22.9. The van der Waals surface area contributed by atoms with Crippen LogP contribution in [-0.2, 0) is 5.41 Å². The molecule has 2 heterocycles. The maximum atomic E-state index is 13.2. The monoisotopic (exact) mass is 514 g/mol. The van der Waals surface area contributed by atoms with Crippen LogP contribution in [0.25, 0.3) is 10.8 Å². The summed E-state index contributed by atoms with van der Waals surface area (Å²) in [6.07, 6.45) is 1.16. The van der Waals surface area contributed by atoms with Gasteiger partial charge in [0.25, 0.3) is 11.8 Å². The Bertz CT molecular complexity index is 1300. The normalized spacial score (nSPS) is 17.8. The molecule has 38 heavy (non-hydrogen) atoms. The van der Waals surface area contributed by atoms with Gasteiger partial charge >= 0.3 is 0 Å². The fourth-order valence-electron chi connectivity index (χ4n) is 5.75. The fourth-order valence-corrected chi connectivity index (χ4v) is 5.75. The summed E-state index contributed by atoms with van der Waals surface area (Å²) in [6.45, 7) is 11.4. The second-order valence-electron chi connectivity index (χ2n) is 11.9. The van der Waals surface area contributed by atoms with Crippen molar-refractivity contribution in [2.45, 2.75) is 52.1 Å². The van der Waals surface area contributed by atoms with Crippen molar-refractivity contribution < 1.29 is 19.4 Å². The van der Waals surface area contributed by atoms with Crippen molar-refractivity contribution in [1.29, 1.82) is 0 Å². The molecular formula is C32H38N2O4. The van der Waals surface area contributed by atoms with Gasteiger partial charge in [0.2, 0.25) is 0 Å². The lowest BCUT2D eigenvalue weighted by atomic mass is 9.85. The number of carbonyl (C=O) groups is 2. The number of likely N-dealkylation sites (tertiary alicyclic amines) is 1. The number of rotatable bonds is 7. The van der Waals surface area contributed by atoms with E-state index in [1.807, 2.05) is 48.5 Å². The Morgan fingerprint density at radius 3 is 2.21 bits per heavy atom. The molecule has 0 spiro atoms. The van der Waals surface area contributed by atoms with E-state index in [1.54, 1.807) is 0 Å². The van der Waals surface area contributed by atoms with Gasteiger partial charge in [-0.25, -0.2) is 0 Å². The van der Waals surface area contributed by atoms with Crippen LogP contribution in [-0.4, -0.2) is 65.6 Å². The number of aryl methyl sites for hydroxylation is 1. The van der Waals surface area contributed by atoms with Crippen LogP contribution < -0.4 is 4.74 Å². The molecule has 0 radical (unpaired) electrons. The zero-order valence-electron chi connectivity index (χ0n) is 22.9. The van der Waals surface area contributed by atoms with Crippen LogP contribution >= 0.6 is 0 Å². The number of aliphatic hydroxyl groups excluding tert-OH is 1. The summed E-state index contributed by atoms with van der Waals surface area (Å²) in [5, 5.41) is 12.4. The number of nitrogens with zero attached hydrogens (tertiary/aromatic N) is 2. The summed E-state index contributed by atoms with van der Waals surface area (Å²) in [6, 6.07) is 17.5. The first-order valence-electron chi connectivity index (χ1n) is 13.6. The number of carbonyl (C=O) groups excluding carboxylic acids is 2. The molecule has 1 fully saturated rings. The average Bonchev–Trinajstić information content (AvgIpc) is 2.89. The molecule has 2 amide bonds. The molecular weight excluding hydrogens is 476 g/mol. The largest absolute Gasteiger partial charge is 0.491 e. The predicted molar refractivity (Wildman–Crippen MR) is 150 cm³/mol. The topological polar surface area (TPSA) is 70.1 Å². The van der Waals surface area contributed by atoms with Crippen LogP contribution in [0.4, 0.5) is 0 Å². The van der Waals surface area contributed by atoms with Crippen molar-refractivity contribution in [2.24, 2.45) is 5.92 Å². The van der Waals surface area contributed by atoms with Crippen molar-refractivity contribution in [3.8, 4) is 5.75 Å². The highest BCUT2D eigenvalue weighted by Crippen LogP contribution is 2.33. The molecule has 0 saturated carbocycles. The number of piperidine rings is 1. The van der Waals surface area contributed by atoms with Crippen LogP contribution in [0.2, 0.25) is 0 Å². The fraction of sp³-hybridized carbons (Fsp3) is 0.438. The molecule has 0 aliphatic carbocycles. The highest BCUT2D eigenvalue weighted by Gasteiger charge is 2.35. The average molecular weight is 515 g/mol. The molecule has 200 valence electrons. The van der Waals surface area contributed by atoms with Gasteiger partial charge in [-0.15, -0.1) is 0 Å². The van der Waals surface area contributed by atoms with Crippen molar-refractivity contribution in [3.05, 3.63) is 76.9 Å². The third-order valence-electron chi connectivity index (χ3n) is 7.85. The van der Waals surface area contributed by atoms with Crippen LogP contribution in [0.3, 0.4) is 0 Å². The molecule has 6 heteroatoms. The maximum Gasteiger partial charge on any atom is 0.261 e. The molecule has 0 unspecified atom stereocenters. The summed E-state index contributed by atoms with van der Waals surface area (Å²) in [5.41, 5.74) is 3.52. The quantitative estimate of drug-likeness (QED) is 0.439. The summed E-state index contributed by atoms with van der Waals surface area (Å²) in [5.74, 6) is 0.688. The van der Waals surface area contributed by atoms with Gasteiger partial charge in [-0.05, 0) is 73.3 Å². The number of imide groups is 1. The Hall–Kier alpha value is -3.22. The van der Waals surface area contributed by atoms with Crippen molar-refractivity contribution in [3.63, 3.8) is 0 Å². The van der Waals surface area contributed by atoms with Gasteiger partial charge in [0.1, 0.15) is 18.5 Å². The highest BCUT2D eigenvalue weighted by molar-refractivity contribution is 6.25. The number of benzene rings is 3. The Kier molecular flexibility index (Phi) is 7.30. The van der Waals surface area contributed by atoms with Crippen molar-refractivity contribution in [1.82, 2.24) is 9.80 Å². The summed E-state index contributed by atoms with van der Waals surface area (Å²) in [7, 11) is 0. The van der Waals surface area contributed by atoms with Gasteiger partial charge in [-0.2, -0.15) is 0 Å². The van der Waals surface area contributed by atoms with E-state index in [0.717, 1.165) is 48.0 Å². The smallest absolute Gasteiger partial charge is 0.261 e. The summed E-state index contributed by atoms with van der Waals surface area (Å²) < 4.78 is 6.06. The lowest BCUT2D eigenvalue weighted by molar-refractivity contribution is 0.0451. The first-order valence-corrected chi connectivity index (χ1v) is 13.6. The number of hydrogen-bond donors (Lipinski definition) is 1. The van der Waals surface area contributed by atoms with E-state index >= 15 is 0 Å². The van der Waals surface area contributed by atoms with E-state index in [4.69, 9.17) is 4.74 Å². The molecule has 0 bridgehead atoms. The van der Waals surface area contributed by atoms with Gasteiger partial charge in [0.05, 0.1) is 0 Å². The third kappa shape index (κ3) is 5.33. The molecule has 6 nitrogen and oxygen atoms in total. The summed E-state index contributed by atoms with van der Waals surface area (Å²) >= 11 is 0. The lowest BCUT2D eigenvalue weighted by Crippen LogP contribution is -2.46. The second-order valence-corrected chi connectivity index (χ2v) is 11.9. The molecule has 3 aromatic rings. The summed E-state index contributed by atoms with van der Waals surface area (Å²) in [4.78, 5) is 30.2. The third-order valence-corrected chi connectivity index (χ3v) is 7.85. The minimum atomic E-state index is -0.595. The Balaban J connectivity index is 1.14. The Labute approximate surface area is 225 Å². The molecule has 1 saturated heterocycles. The highest BCUT2D eigenvalue weighted by atomic mass is 16.5. The molecule has 3 aromatic carbocycles. The first kappa shape index (κ1) is 26.4. The van der Waals surface area contributed by atoms with E-state index < -0.39 is 6.10 Å². The van der Waals surface area contributed by atoms with E-state index in [1.165, 1.54) is 10.5 Å². The van der Waals surface area contributed by atoms with Crippen LogP contribution in [0.5, 0.6) is 5.75 Å². The van der Waals surface area contributed by atoms with Gasteiger partial charge in [-0.1, -0.05) is 62.7 Å². The second kappa shape index (κ2) is 10.5. The van der Waals surface area contributed by atoms with Crippen LogP contribution in [0.15, 0.2) is 54.6 Å².